The lowest BCUT2D eigenvalue weighted by Crippen LogP contribution is -2.28. The van der Waals surface area contributed by atoms with Gasteiger partial charge in [0.1, 0.15) is 16.7 Å². The molecule has 0 aliphatic carbocycles. The van der Waals surface area contributed by atoms with E-state index in [-0.39, 0.29) is 29.5 Å². The largest absolute Gasteiger partial charge is 0.497 e. The minimum absolute atomic E-state index is 0.0989. The third-order valence-corrected chi connectivity index (χ3v) is 5.20. The van der Waals surface area contributed by atoms with Crippen LogP contribution >= 0.6 is 11.8 Å². The summed E-state index contributed by atoms with van der Waals surface area (Å²) in [6.07, 6.45) is -0.0989. The Labute approximate surface area is 175 Å². The number of thioether (sulfide) groups is 1. The minimum Gasteiger partial charge on any atom is -0.497 e. The summed E-state index contributed by atoms with van der Waals surface area (Å²) in [7, 11) is 2.91. The van der Waals surface area contributed by atoms with Gasteiger partial charge in [-0.15, -0.1) is 0 Å². The number of benzene rings is 2. The number of hydrogen-bond acceptors (Lipinski definition) is 8. The van der Waals surface area contributed by atoms with Gasteiger partial charge in [-0.25, -0.2) is 4.99 Å². The van der Waals surface area contributed by atoms with Crippen molar-refractivity contribution in [1.82, 2.24) is 5.32 Å². The van der Waals surface area contributed by atoms with Gasteiger partial charge in [-0.2, -0.15) is 0 Å². The highest BCUT2D eigenvalue weighted by Gasteiger charge is 2.32. The highest BCUT2D eigenvalue weighted by atomic mass is 32.2. The number of nitrogens with zero attached hydrogens (tertiary/aromatic N) is 2. The molecule has 1 fully saturated rings. The number of hydrogen-bond donors (Lipinski definition) is 2. The first-order valence-electron chi connectivity index (χ1n) is 8.72. The van der Waals surface area contributed by atoms with Crippen LogP contribution < -0.4 is 20.1 Å². The summed E-state index contributed by atoms with van der Waals surface area (Å²) in [6.45, 7) is 0. The van der Waals surface area contributed by atoms with Crippen molar-refractivity contribution in [2.45, 2.75) is 11.7 Å². The molecule has 0 unspecified atom stereocenters. The number of nitrogens with one attached hydrogen (secondary N) is 2. The van der Waals surface area contributed by atoms with E-state index < -0.39 is 16.1 Å². The van der Waals surface area contributed by atoms with Crippen LogP contribution in [0.2, 0.25) is 0 Å². The zero-order valence-electron chi connectivity index (χ0n) is 16.1. The van der Waals surface area contributed by atoms with Crippen molar-refractivity contribution in [1.29, 1.82) is 0 Å². The Morgan fingerprint density at radius 1 is 1.23 bits per heavy atom. The summed E-state index contributed by atoms with van der Waals surface area (Å²) in [4.78, 5) is 39.2. The Bertz CT molecular complexity index is 1010. The van der Waals surface area contributed by atoms with E-state index in [9.17, 15) is 19.7 Å². The van der Waals surface area contributed by atoms with Crippen molar-refractivity contribution in [3.05, 3.63) is 52.6 Å². The molecular formula is C19H18N4O6S. The number of carbonyl (C=O) groups excluding carboxylic acids is 2. The molecule has 0 aromatic heterocycles. The molecule has 156 valence electrons. The molecule has 1 aliphatic heterocycles. The first-order chi connectivity index (χ1) is 14.4. The average Bonchev–Trinajstić information content (AvgIpc) is 3.07. The van der Waals surface area contributed by atoms with Crippen molar-refractivity contribution in [2.24, 2.45) is 4.99 Å². The van der Waals surface area contributed by atoms with Crippen LogP contribution in [0, 0.1) is 10.1 Å². The number of amidine groups is 1. The molecule has 10 nitrogen and oxygen atoms in total. The molecule has 2 aromatic rings. The number of rotatable bonds is 7. The highest BCUT2D eigenvalue weighted by Crippen LogP contribution is 2.30. The van der Waals surface area contributed by atoms with Crippen LogP contribution in [0.15, 0.2) is 47.5 Å². The number of nitro benzene ring substituents is 1. The van der Waals surface area contributed by atoms with Gasteiger partial charge < -0.3 is 20.1 Å². The Morgan fingerprint density at radius 3 is 2.60 bits per heavy atom. The third-order valence-electron chi connectivity index (χ3n) is 4.12. The predicted octanol–water partition coefficient (Wildman–Crippen LogP) is 2.86. The zero-order chi connectivity index (χ0) is 21.7. The van der Waals surface area contributed by atoms with Gasteiger partial charge in [0.05, 0.1) is 36.6 Å². The van der Waals surface area contributed by atoms with Crippen molar-refractivity contribution >= 4 is 45.8 Å². The standard InChI is InChI=1S/C19H18N4O6S/c1-28-13-6-3-11(4-7-13)20-19-22-18(25)16(30-19)10-17(24)21-14-8-5-12(23(26)27)9-15(14)29-2/h3-9,16H,10H2,1-2H3,(H,21,24)(H,20,22,25)/t16-/m0/s1. The van der Waals surface area contributed by atoms with Gasteiger partial charge in [0.2, 0.25) is 11.8 Å². The molecule has 0 bridgehead atoms. The van der Waals surface area contributed by atoms with Crippen molar-refractivity contribution in [3.63, 3.8) is 0 Å². The lowest BCUT2D eigenvalue weighted by molar-refractivity contribution is -0.384. The molecule has 30 heavy (non-hydrogen) atoms. The molecule has 1 atom stereocenters. The number of anilines is 1. The number of carbonyl (C=O) groups is 2. The molecule has 1 saturated heterocycles. The van der Waals surface area contributed by atoms with E-state index in [0.29, 0.717) is 16.6 Å². The topological polar surface area (TPSA) is 132 Å². The molecule has 3 rings (SSSR count). The SMILES string of the molecule is COc1ccc(N=C2NC(=O)[C@H](CC(=O)Nc3ccc([N+](=O)[O-])cc3OC)S2)cc1. The van der Waals surface area contributed by atoms with E-state index in [0.717, 1.165) is 11.8 Å². The number of aliphatic imine (C=N–C) groups is 1. The lowest BCUT2D eigenvalue weighted by atomic mass is 10.2. The van der Waals surface area contributed by atoms with Gasteiger partial charge in [-0.3, -0.25) is 19.7 Å². The van der Waals surface area contributed by atoms with Gasteiger partial charge in [0.15, 0.2) is 5.17 Å². The first-order valence-corrected chi connectivity index (χ1v) is 9.60. The molecule has 2 N–H and O–H groups in total. The van der Waals surface area contributed by atoms with Gasteiger partial charge >= 0.3 is 0 Å². The summed E-state index contributed by atoms with van der Waals surface area (Å²) >= 11 is 1.16. The van der Waals surface area contributed by atoms with Crippen LogP contribution in [0.4, 0.5) is 17.1 Å². The maximum atomic E-state index is 12.4. The molecule has 1 aliphatic rings. The van der Waals surface area contributed by atoms with E-state index in [1.165, 1.54) is 25.3 Å². The van der Waals surface area contributed by atoms with E-state index in [2.05, 4.69) is 15.6 Å². The fourth-order valence-electron chi connectivity index (χ4n) is 2.63. The molecular weight excluding hydrogens is 412 g/mol. The Balaban J connectivity index is 1.63. The van der Waals surface area contributed by atoms with Crippen molar-refractivity contribution in [3.8, 4) is 11.5 Å². The van der Waals surface area contributed by atoms with Gasteiger partial charge in [0.25, 0.3) is 5.69 Å². The highest BCUT2D eigenvalue weighted by molar-refractivity contribution is 8.15. The van der Waals surface area contributed by atoms with Crippen LogP contribution in [0.3, 0.4) is 0 Å². The summed E-state index contributed by atoms with van der Waals surface area (Å²) in [5.41, 5.74) is 0.762. The zero-order valence-corrected chi connectivity index (χ0v) is 16.9. The molecule has 0 radical (unpaired) electrons. The number of amides is 2. The minimum atomic E-state index is -0.647. The fraction of sp³-hybridized carbons (Fsp3) is 0.211. The fourth-order valence-corrected chi connectivity index (χ4v) is 3.62. The first kappa shape index (κ1) is 21.1. The molecule has 1 heterocycles. The Morgan fingerprint density at radius 2 is 1.97 bits per heavy atom. The van der Waals surface area contributed by atoms with Crippen LogP contribution in [-0.2, 0) is 9.59 Å². The van der Waals surface area contributed by atoms with Crippen LogP contribution in [0.25, 0.3) is 0 Å². The number of ether oxygens (including phenoxy) is 2. The van der Waals surface area contributed by atoms with Crippen LogP contribution in [-0.4, -0.2) is 41.4 Å². The molecule has 0 saturated carbocycles. The lowest BCUT2D eigenvalue weighted by Gasteiger charge is -2.11. The van der Waals surface area contributed by atoms with Gasteiger partial charge in [-0.05, 0) is 30.3 Å². The summed E-state index contributed by atoms with van der Waals surface area (Å²) in [6, 6.07) is 10.9. The van der Waals surface area contributed by atoms with Crippen molar-refractivity contribution in [2.75, 3.05) is 19.5 Å². The maximum absolute atomic E-state index is 12.4. The third kappa shape index (κ3) is 5.06. The second kappa shape index (κ2) is 9.27. The van der Waals surface area contributed by atoms with Gasteiger partial charge in [-0.1, -0.05) is 11.8 Å². The van der Waals surface area contributed by atoms with E-state index in [4.69, 9.17) is 9.47 Å². The van der Waals surface area contributed by atoms with Crippen LogP contribution in [0.5, 0.6) is 11.5 Å². The van der Waals surface area contributed by atoms with Crippen molar-refractivity contribution < 1.29 is 24.0 Å². The smallest absolute Gasteiger partial charge is 0.273 e. The second-order valence-corrected chi connectivity index (χ2v) is 7.30. The number of nitro groups is 1. The summed E-state index contributed by atoms with van der Waals surface area (Å²) < 4.78 is 10.2. The van der Waals surface area contributed by atoms with E-state index in [1.54, 1.807) is 31.4 Å². The number of non-ortho nitro benzene ring substituents is 1. The normalized spacial score (nSPS) is 16.8. The average molecular weight is 430 g/mol. The second-order valence-electron chi connectivity index (χ2n) is 6.10. The van der Waals surface area contributed by atoms with Gasteiger partial charge in [0, 0.05) is 12.5 Å². The Hall–Kier alpha value is -3.60. The van der Waals surface area contributed by atoms with Crippen LogP contribution in [0.1, 0.15) is 6.42 Å². The Kier molecular flexibility index (Phi) is 6.52. The summed E-state index contributed by atoms with van der Waals surface area (Å²) in [5.74, 6) is 0.0969. The summed E-state index contributed by atoms with van der Waals surface area (Å²) in [5, 5.41) is 15.9. The van der Waals surface area contributed by atoms with E-state index >= 15 is 0 Å². The molecule has 2 amide bonds. The monoisotopic (exact) mass is 430 g/mol. The molecule has 11 heteroatoms. The molecule has 0 spiro atoms. The predicted molar refractivity (Wildman–Crippen MR) is 113 cm³/mol. The number of methoxy groups -OCH3 is 2. The van der Waals surface area contributed by atoms with E-state index in [1.807, 2.05) is 0 Å². The maximum Gasteiger partial charge on any atom is 0.273 e. The quantitative estimate of drug-likeness (QED) is 0.510. The molecule has 2 aromatic carbocycles.